The molecule has 0 aromatic heterocycles. The lowest BCUT2D eigenvalue weighted by Gasteiger charge is -2.19. The average Bonchev–Trinajstić information content (AvgIpc) is 3.01. The second-order valence-corrected chi connectivity index (χ2v) is 6.62. The van der Waals surface area contributed by atoms with Crippen molar-refractivity contribution in [3.8, 4) is 6.07 Å². The first-order valence-corrected chi connectivity index (χ1v) is 9.00. The zero-order valence-corrected chi connectivity index (χ0v) is 15.0. The second kappa shape index (κ2) is 8.04. The monoisotopic (exact) mass is 384 g/mol. The first-order valence-electron chi connectivity index (χ1n) is 7.64. The molecule has 0 bridgehead atoms. The summed E-state index contributed by atoms with van der Waals surface area (Å²) in [4.78, 5) is 30.0. The van der Waals surface area contributed by atoms with E-state index in [2.05, 4.69) is 10.3 Å². The zero-order chi connectivity index (χ0) is 18.5. The summed E-state index contributed by atoms with van der Waals surface area (Å²) in [6.45, 7) is 0.0203. The highest BCUT2D eigenvalue weighted by Crippen LogP contribution is 2.30. The van der Waals surface area contributed by atoms with E-state index in [9.17, 15) is 9.59 Å². The van der Waals surface area contributed by atoms with Crippen LogP contribution in [-0.4, -0.2) is 29.3 Å². The van der Waals surface area contributed by atoms with Crippen LogP contribution in [0.25, 0.3) is 0 Å². The van der Waals surface area contributed by atoms with Crippen LogP contribution in [0, 0.1) is 11.3 Å². The van der Waals surface area contributed by atoms with Gasteiger partial charge in [0.1, 0.15) is 12.6 Å². The van der Waals surface area contributed by atoms with E-state index in [1.807, 2.05) is 6.07 Å². The Morgan fingerprint density at radius 1 is 1.27 bits per heavy atom. The van der Waals surface area contributed by atoms with Crippen LogP contribution in [0.15, 0.2) is 53.5 Å². The third-order valence-electron chi connectivity index (χ3n) is 3.54. The maximum absolute atomic E-state index is 12.2. The van der Waals surface area contributed by atoms with Crippen molar-refractivity contribution in [1.82, 2.24) is 0 Å². The summed E-state index contributed by atoms with van der Waals surface area (Å²) in [5, 5.41) is 12.6. The molecular weight excluding hydrogens is 372 g/mol. The van der Waals surface area contributed by atoms with E-state index >= 15 is 0 Å². The van der Waals surface area contributed by atoms with Crippen LogP contribution in [0.4, 0.5) is 11.4 Å². The van der Waals surface area contributed by atoms with Gasteiger partial charge >= 0.3 is 0 Å². The summed E-state index contributed by atoms with van der Waals surface area (Å²) in [5.41, 5.74) is 1.38. The van der Waals surface area contributed by atoms with Crippen molar-refractivity contribution >= 4 is 51.7 Å². The molecule has 0 aliphatic carbocycles. The van der Waals surface area contributed by atoms with Gasteiger partial charge in [0.05, 0.1) is 27.7 Å². The molecule has 1 aliphatic rings. The number of amidine groups is 1. The van der Waals surface area contributed by atoms with Gasteiger partial charge < -0.3 is 5.32 Å². The van der Waals surface area contributed by atoms with Crippen molar-refractivity contribution in [2.24, 2.45) is 4.99 Å². The molecule has 0 unspecified atom stereocenters. The standard InChI is InChI=1S/C18H13ClN4O2S/c19-13-6-2-4-8-15(13)23-17(25)10-21-18(23)26-11-16(24)22-14-7-3-1-5-12(14)9-20/h1-8H,10-11H2,(H,22,24). The molecular formula is C18H13ClN4O2S. The molecule has 1 aliphatic heterocycles. The Kier molecular flexibility index (Phi) is 5.56. The summed E-state index contributed by atoms with van der Waals surface area (Å²) in [6.07, 6.45) is 0. The molecule has 2 amide bonds. The molecule has 0 spiro atoms. The van der Waals surface area contributed by atoms with Gasteiger partial charge in [-0.3, -0.25) is 19.5 Å². The molecule has 0 atom stereocenters. The number of nitrogens with zero attached hydrogens (tertiary/aromatic N) is 3. The number of hydrogen-bond donors (Lipinski definition) is 1. The number of halogens is 1. The van der Waals surface area contributed by atoms with Crippen molar-refractivity contribution in [2.75, 3.05) is 22.5 Å². The summed E-state index contributed by atoms with van der Waals surface area (Å²) in [5.74, 6) is -0.443. The first-order chi connectivity index (χ1) is 12.6. The number of hydrogen-bond acceptors (Lipinski definition) is 5. The van der Waals surface area contributed by atoms with Crippen LogP contribution >= 0.6 is 23.4 Å². The van der Waals surface area contributed by atoms with E-state index in [0.29, 0.717) is 27.1 Å². The van der Waals surface area contributed by atoms with Gasteiger partial charge in [-0.2, -0.15) is 5.26 Å². The van der Waals surface area contributed by atoms with Gasteiger partial charge in [-0.05, 0) is 24.3 Å². The number of anilines is 2. The van der Waals surface area contributed by atoms with Crippen LogP contribution in [0.1, 0.15) is 5.56 Å². The van der Waals surface area contributed by atoms with Gasteiger partial charge in [-0.25, -0.2) is 0 Å². The van der Waals surface area contributed by atoms with Crippen molar-refractivity contribution in [2.45, 2.75) is 0 Å². The smallest absolute Gasteiger partial charge is 0.254 e. The van der Waals surface area contributed by atoms with Crippen molar-refractivity contribution < 1.29 is 9.59 Å². The van der Waals surface area contributed by atoms with Gasteiger partial charge in [0, 0.05) is 0 Å². The topological polar surface area (TPSA) is 85.6 Å². The number of nitrogens with one attached hydrogen (secondary N) is 1. The summed E-state index contributed by atoms with van der Waals surface area (Å²) in [6, 6.07) is 15.7. The van der Waals surface area contributed by atoms with Crippen LogP contribution in [-0.2, 0) is 9.59 Å². The number of aliphatic imine (C=N–C) groups is 1. The predicted octanol–water partition coefficient (Wildman–Crippen LogP) is 3.29. The maximum atomic E-state index is 12.2. The molecule has 0 radical (unpaired) electrons. The maximum Gasteiger partial charge on any atom is 0.254 e. The molecule has 6 nitrogen and oxygen atoms in total. The minimum Gasteiger partial charge on any atom is -0.324 e. The number of thioether (sulfide) groups is 1. The largest absolute Gasteiger partial charge is 0.324 e. The molecule has 8 heteroatoms. The quantitative estimate of drug-likeness (QED) is 0.876. The van der Waals surface area contributed by atoms with Gasteiger partial charge in [0.25, 0.3) is 5.91 Å². The zero-order valence-electron chi connectivity index (χ0n) is 13.5. The molecule has 0 saturated carbocycles. The van der Waals surface area contributed by atoms with Gasteiger partial charge in [0.15, 0.2) is 5.17 Å². The number of carbonyl (C=O) groups is 2. The lowest BCUT2D eigenvalue weighted by molar-refractivity contribution is -0.116. The fourth-order valence-corrected chi connectivity index (χ4v) is 3.41. The Hall–Kier alpha value is -2.82. The van der Waals surface area contributed by atoms with Gasteiger partial charge in [-0.1, -0.05) is 47.6 Å². The van der Waals surface area contributed by atoms with Crippen molar-refractivity contribution in [3.05, 3.63) is 59.1 Å². The van der Waals surface area contributed by atoms with Crippen molar-refractivity contribution in [3.63, 3.8) is 0 Å². The van der Waals surface area contributed by atoms with E-state index in [0.717, 1.165) is 11.8 Å². The molecule has 2 aromatic rings. The Morgan fingerprint density at radius 2 is 2.00 bits per heavy atom. The molecule has 1 heterocycles. The Balaban J connectivity index is 1.67. The number of amides is 2. The molecule has 26 heavy (non-hydrogen) atoms. The van der Waals surface area contributed by atoms with Crippen LogP contribution in [0.2, 0.25) is 5.02 Å². The minimum absolute atomic E-state index is 0.0203. The third-order valence-corrected chi connectivity index (χ3v) is 4.83. The van der Waals surface area contributed by atoms with E-state index in [1.54, 1.807) is 48.5 Å². The lowest BCUT2D eigenvalue weighted by atomic mass is 10.2. The summed E-state index contributed by atoms with van der Waals surface area (Å²) >= 11 is 7.31. The first kappa shape index (κ1) is 18.0. The number of para-hydroxylation sites is 2. The second-order valence-electron chi connectivity index (χ2n) is 5.27. The highest BCUT2D eigenvalue weighted by atomic mass is 35.5. The predicted molar refractivity (Wildman–Crippen MR) is 103 cm³/mol. The molecule has 2 aromatic carbocycles. The number of benzene rings is 2. The fourth-order valence-electron chi connectivity index (χ4n) is 2.37. The van der Waals surface area contributed by atoms with Crippen molar-refractivity contribution in [1.29, 1.82) is 5.26 Å². The van der Waals surface area contributed by atoms with Crippen LogP contribution < -0.4 is 10.2 Å². The van der Waals surface area contributed by atoms with Crippen LogP contribution in [0.5, 0.6) is 0 Å². The minimum atomic E-state index is -0.293. The molecule has 1 N–H and O–H groups in total. The van der Waals surface area contributed by atoms with E-state index < -0.39 is 0 Å². The van der Waals surface area contributed by atoms with E-state index in [1.165, 1.54) is 4.90 Å². The molecule has 0 saturated heterocycles. The molecule has 3 rings (SSSR count). The van der Waals surface area contributed by atoms with E-state index in [-0.39, 0.29) is 24.1 Å². The summed E-state index contributed by atoms with van der Waals surface area (Å²) < 4.78 is 0. The highest BCUT2D eigenvalue weighted by molar-refractivity contribution is 8.14. The fraction of sp³-hybridized carbons (Fsp3) is 0.111. The third kappa shape index (κ3) is 3.87. The normalized spacial score (nSPS) is 13.3. The molecule has 130 valence electrons. The lowest BCUT2D eigenvalue weighted by Crippen LogP contribution is -2.31. The average molecular weight is 385 g/mol. The van der Waals surface area contributed by atoms with Crippen LogP contribution in [0.3, 0.4) is 0 Å². The number of nitriles is 1. The Labute approximate surface area is 159 Å². The summed E-state index contributed by atoms with van der Waals surface area (Å²) in [7, 11) is 0. The van der Waals surface area contributed by atoms with Gasteiger partial charge in [-0.15, -0.1) is 0 Å². The number of rotatable bonds is 4. The number of carbonyl (C=O) groups excluding carboxylic acids is 2. The Morgan fingerprint density at radius 3 is 2.77 bits per heavy atom. The Bertz CT molecular complexity index is 939. The van der Waals surface area contributed by atoms with E-state index in [4.69, 9.17) is 16.9 Å². The molecule has 0 fully saturated rings. The highest BCUT2D eigenvalue weighted by Gasteiger charge is 2.29. The SMILES string of the molecule is N#Cc1ccccc1NC(=O)CSC1=NCC(=O)N1c1ccccc1Cl. The van der Waals surface area contributed by atoms with Gasteiger partial charge in [0.2, 0.25) is 5.91 Å².